The van der Waals surface area contributed by atoms with E-state index >= 15 is 0 Å². The second kappa shape index (κ2) is 4.97. The van der Waals surface area contributed by atoms with Crippen LogP contribution in [0.4, 0.5) is 13.2 Å². The summed E-state index contributed by atoms with van der Waals surface area (Å²) in [6, 6.07) is 3.13. The average Bonchev–Trinajstić information content (AvgIpc) is 2.65. The molecule has 0 amide bonds. The lowest BCUT2D eigenvalue weighted by molar-refractivity contribution is -0.137. The monoisotopic (exact) mass is 304 g/mol. The number of fused-ring (bicyclic) bond motifs is 1. The van der Waals surface area contributed by atoms with Crippen molar-refractivity contribution >= 4 is 27.4 Å². The zero-order valence-corrected chi connectivity index (χ0v) is 11.4. The molecular weight excluding hydrogens is 293 g/mol. The second-order valence-corrected chi connectivity index (χ2v) is 5.49. The van der Waals surface area contributed by atoms with Crippen molar-refractivity contribution in [2.45, 2.75) is 26.1 Å². The van der Waals surface area contributed by atoms with Gasteiger partial charge in [-0.05, 0) is 32.0 Å². The lowest BCUT2D eigenvalue weighted by atomic mass is 10.1. The topological polar surface area (TPSA) is 46.5 Å². The van der Waals surface area contributed by atoms with Crippen molar-refractivity contribution in [3.63, 3.8) is 0 Å². The molecule has 2 aromatic rings. The fourth-order valence-corrected chi connectivity index (χ4v) is 2.70. The van der Waals surface area contributed by atoms with Gasteiger partial charge in [0, 0.05) is 10.1 Å². The molecule has 1 aromatic carbocycles. The van der Waals surface area contributed by atoms with E-state index < -0.39 is 17.7 Å². The number of benzene rings is 1. The maximum Gasteiger partial charge on any atom is 0.416 e. The van der Waals surface area contributed by atoms with Crippen molar-refractivity contribution in [3.05, 3.63) is 28.6 Å². The number of halogens is 3. The molecule has 1 aromatic heterocycles. The molecule has 20 heavy (non-hydrogen) atoms. The van der Waals surface area contributed by atoms with E-state index in [1.807, 2.05) is 0 Å². The molecular formula is C13H11F3O3S. The summed E-state index contributed by atoms with van der Waals surface area (Å²) in [5.74, 6) is -1.21. The summed E-state index contributed by atoms with van der Waals surface area (Å²) in [5.41, 5.74) is -0.826. The molecule has 0 radical (unpaired) electrons. The van der Waals surface area contributed by atoms with Gasteiger partial charge in [0.25, 0.3) is 0 Å². The number of alkyl halides is 3. The summed E-state index contributed by atoms with van der Waals surface area (Å²) in [4.78, 5) is 11.1. The summed E-state index contributed by atoms with van der Waals surface area (Å²) >= 11 is 0.901. The summed E-state index contributed by atoms with van der Waals surface area (Å²) < 4.78 is 44.0. The number of carboxylic acid groups (broad SMARTS) is 1. The third-order valence-corrected chi connectivity index (χ3v) is 3.66. The van der Waals surface area contributed by atoms with Crippen LogP contribution in [-0.4, -0.2) is 17.2 Å². The SMILES string of the molecule is CC(C)Oc1c(C(=O)O)sc2ccc(C(F)(F)F)cc12. The Balaban J connectivity index is 2.69. The molecule has 0 saturated carbocycles. The molecule has 7 heteroatoms. The highest BCUT2D eigenvalue weighted by atomic mass is 32.1. The van der Waals surface area contributed by atoms with Gasteiger partial charge in [0.2, 0.25) is 0 Å². The van der Waals surface area contributed by atoms with Gasteiger partial charge in [-0.1, -0.05) is 0 Å². The van der Waals surface area contributed by atoms with Crippen LogP contribution in [0.3, 0.4) is 0 Å². The van der Waals surface area contributed by atoms with Crippen LogP contribution < -0.4 is 4.74 Å². The molecule has 2 rings (SSSR count). The quantitative estimate of drug-likeness (QED) is 0.914. The molecule has 0 spiro atoms. The van der Waals surface area contributed by atoms with Crippen molar-refractivity contribution < 1.29 is 27.8 Å². The van der Waals surface area contributed by atoms with Gasteiger partial charge >= 0.3 is 12.1 Å². The Hall–Kier alpha value is -1.76. The third kappa shape index (κ3) is 2.72. The van der Waals surface area contributed by atoms with Gasteiger partial charge < -0.3 is 9.84 Å². The van der Waals surface area contributed by atoms with Crippen LogP contribution >= 0.6 is 11.3 Å². The van der Waals surface area contributed by atoms with E-state index in [-0.39, 0.29) is 22.1 Å². The molecule has 108 valence electrons. The maximum absolute atomic E-state index is 12.7. The second-order valence-electron chi connectivity index (χ2n) is 4.44. The molecule has 1 heterocycles. The van der Waals surface area contributed by atoms with Gasteiger partial charge in [0.05, 0.1) is 11.7 Å². The van der Waals surface area contributed by atoms with Crippen LogP contribution in [0.25, 0.3) is 10.1 Å². The molecule has 0 aliphatic carbocycles. The predicted octanol–water partition coefficient (Wildman–Crippen LogP) is 4.41. The Labute approximate surface area is 116 Å². The largest absolute Gasteiger partial charge is 0.489 e. The van der Waals surface area contributed by atoms with E-state index in [2.05, 4.69) is 0 Å². The Morgan fingerprint density at radius 1 is 1.35 bits per heavy atom. The van der Waals surface area contributed by atoms with Crippen LogP contribution in [0.1, 0.15) is 29.1 Å². The minimum absolute atomic E-state index is 0.00130. The normalized spacial score (nSPS) is 12.1. The number of hydrogen-bond donors (Lipinski definition) is 1. The van der Waals surface area contributed by atoms with Gasteiger partial charge in [0.15, 0.2) is 10.6 Å². The number of carboxylic acids is 1. The Bertz CT molecular complexity index is 659. The van der Waals surface area contributed by atoms with Gasteiger partial charge in [-0.3, -0.25) is 0 Å². The molecule has 3 nitrogen and oxygen atoms in total. The first-order valence-corrected chi connectivity index (χ1v) is 6.55. The number of carbonyl (C=O) groups is 1. The van der Waals surface area contributed by atoms with Gasteiger partial charge in [0.1, 0.15) is 0 Å². The van der Waals surface area contributed by atoms with Crippen LogP contribution in [0.2, 0.25) is 0 Å². The lowest BCUT2D eigenvalue weighted by Crippen LogP contribution is -2.08. The first kappa shape index (κ1) is 14.6. The highest BCUT2D eigenvalue weighted by Crippen LogP contribution is 2.41. The van der Waals surface area contributed by atoms with E-state index in [4.69, 9.17) is 9.84 Å². The Kier molecular flexibility index (Phi) is 3.64. The Morgan fingerprint density at radius 2 is 2.00 bits per heavy atom. The van der Waals surface area contributed by atoms with Crippen LogP contribution in [-0.2, 0) is 6.18 Å². The van der Waals surface area contributed by atoms with Crippen molar-refractivity contribution in [3.8, 4) is 5.75 Å². The summed E-state index contributed by atoms with van der Waals surface area (Å²) in [5, 5.41) is 9.29. The van der Waals surface area contributed by atoms with Crippen molar-refractivity contribution in [1.82, 2.24) is 0 Å². The van der Waals surface area contributed by atoms with E-state index in [0.29, 0.717) is 4.70 Å². The molecule has 0 unspecified atom stereocenters. The van der Waals surface area contributed by atoms with Gasteiger partial charge in [-0.2, -0.15) is 13.2 Å². The third-order valence-electron chi connectivity index (χ3n) is 2.52. The average molecular weight is 304 g/mol. The first-order chi connectivity index (χ1) is 9.20. The summed E-state index contributed by atoms with van der Waals surface area (Å²) in [7, 11) is 0. The minimum atomic E-state index is -4.48. The first-order valence-electron chi connectivity index (χ1n) is 5.74. The zero-order chi connectivity index (χ0) is 15.1. The van der Waals surface area contributed by atoms with E-state index in [1.54, 1.807) is 13.8 Å². The van der Waals surface area contributed by atoms with Crippen LogP contribution in [0.15, 0.2) is 18.2 Å². The lowest BCUT2D eigenvalue weighted by Gasteiger charge is -2.11. The number of thiophene rings is 1. The van der Waals surface area contributed by atoms with Crippen LogP contribution in [0, 0.1) is 0 Å². The smallest absolute Gasteiger partial charge is 0.416 e. The van der Waals surface area contributed by atoms with Crippen LogP contribution in [0.5, 0.6) is 5.75 Å². The number of ether oxygens (including phenoxy) is 1. The van der Waals surface area contributed by atoms with Gasteiger partial charge in [-0.25, -0.2) is 4.79 Å². The Morgan fingerprint density at radius 3 is 2.50 bits per heavy atom. The fraction of sp³-hybridized carbons (Fsp3) is 0.308. The fourth-order valence-electron chi connectivity index (χ4n) is 1.74. The summed E-state index contributed by atoms with van der Waals surface area (Å²) in [6.45, 7) is 3.37. The molecule has 0 fully saturated rings. The molecule has 0 aliphatic rings. The summed E-state index contributed by atoms with van der Waals surface area (Å²) in [6.07, 6.45) is -4.81. The van der Waals surface area contributed by atoms with E-state index in [9.17, 15) is 18.0 Å². The van der Waals surface area contributed by atoms with Crippen molar-refractivity contribution in [1.29, 1.82) is 0 Å². The maximum atomic E-state index is 12.7. The standard InChI is InChI=1S/C13H11F3O3S/c1-6(2)19-10-8-5-7(13(14,15)16)3-4-9(8)20-11(10)12(17)18/h3-6H,1-2H3,(H,17,18). The van der Waals surface area contributed by atoms with Crippen molar-refractivity contribution in [2.75, 3.05) is 0 Å². The van der Waals surface area contributed by atoms with Crippen molar-refractivity contribution in [2.24, 2.45) is 0 Å². The predicted molar refractivity (Wildman–Crippen MR) is 69.6 cm³/mol. The highest BCUT2D eigenvalue weighted by Gasteiger charge is 2.32. The molecule has 0 aliphatic heterocycles. The minimum Gasteiger partial charge on any atom is -0.489 e. The number of rotatable bonds is 3. The number of aromatic carboxylic acids is 1. The molecule has 0 atom stereocenters. The molecule has 0 saturated heterocycles. The molecule has 1 N–H and O–H groups in total. The van der Waals surface area contributed by atoms with Gasteiger partial charge in [-0.15, -0.1) is 11.3 Å². The van der Waals surface area contributed by atoms with E-state index in [1.165, 1.54) is 6.07 Å². The molecule has 0 bridgehead atoms. The van der Waals surface area contributed by atoms with E-state index in [0.717, 1.165) is 23.5 Å². The highest BCUT2D eigenvalue weighted by molar-refractivity contribution is 7.21. The number of hydrogen-bond acceptors (Lipinski definition) is 3. The zero-order valence-electron chi connectivity index (χ0n) is 10.6.